The molecule has 98 valence electrons. The topological polar surface area (TPSA) is 67.8 Å². The molecule has 0 bridgehead atoms. The maximum Gasteiger partial charge on any atom is 0.336 e. The Hall–Kier alpha value is -2.01. The molecule has 0 saturated carbocycles. The minimum atomic E-state index is -1.000. The van der Waals surface area contributed by atoms with Crippen molar-refractivity contribution < 1.29 is 19.4 Å². The molecule has 0 amide bonds. The number of nitrogens with one attached hydrogen (secondary N) is 1. The van der Waals surface area contributed by atoms with E-state index < -0.39 is 5.97 Å². The molecule has 0 aliphatic rings. The molecule has 0 fully saturated rings. The molecule has 18 heavy (non-hydrogen) atoms. The highest BCUT2D eigenvalue weighted by Crippen LogP contribution is 2.31. The van der Waals surface area contributed by atoms with Gasteiger partial charge >= 0.3 is 5.97 Å². The van der Waals surface area contributed by atoms with Crippen LogP contribution in [0.5, 0.6) is 11.5 Å². The van der Waals surface area contributed by atoms with Crippen molar-refractivity contribution in [3.8, 4) is 11.5 Å². The van der Waals surface area contributed by atoms with Crippen LogP contribution in [0, 0.1) is 0 Å². The van der Waals surface area contributed by atoms with E-state index in [9.17, 15) is 4.79 Å². The van der Waals surface area contributed by atoms with E-state index in [0.717, 1.165) is 0 Å². The van der Waals surface area contributed by atoms with Crippen LogP contribution in [0.25, 0.3) is 6.08 Å². The first kappa shape index (κ1) is 14.1. The predicted molar refractivity (Wildman–Crippen MR) is 69.5 cm³/mol. The van der Waals surface area contributed by atoms with Crippen LogP contribution < -0.4 is 14.8 Å². The fourth-order valence-electron chi connectivity index (χ4n) is 1.52. The SMILES string of the molecule is CNCC=Cc1cc(OC)c(OC)cc1C(=O)O. The standard InChI is InChI=1S/C13H17NO4/c1-14-6-4-5-9-7-11(17-2)12(18-3)8-10(9)13(15)16/h4-5,7-8,14H,6H2,1-3H3,(H,15,16). The zero-order valence-electron chi connectivity index (χ0n) is 10.7. The van der Waals surface area contributed by atoms with Gasteiger partial charge in [-0.3, -0.25) is 0 Å². The number of hydrogen-bond acceptors (Lipinski definition) is 4. The Balaban J connectivity index is 3.24. The van der Waals surface area contributed by atoms with Crippen LogP contribution in [0.3, 0.4) is 0 Å². The lowest BCUT2D eigenvalue weighted by Gasteiger charge is -2.10. The maximum atomic E-state index is 11.2. The molecule has 0 radical (unpaired) electrons. The van der Waals surface area contributed by atoms with E-state index in [4.69, 9.17) is 14.6 Å². The van der Waals surface area contributed by atoms with Crippen molar-refractivity contribution >= 4 is 12.0 Å². The number of aromatic carboxylic acids is 1. The van der Waals surface area contributed by atoms with E-state index in [1.54, 1.807) is 12.1 Å². The van der Waals surface area contributed by atoms with E-state index in [0.29, 0.717) is 23.6 Å². The molecule has 0 atom stereocenters. The van der Waals surface area contributed by atoms with Gasteiger partial charge in [0, 0.05) is 6.54 Å². The molecule has 0 heterocycles. The first-order chi connectivity index (χ1) is 8.63. The van der Waals surface area contributed by atoms with Crippen molar-refractivity contribution in [1.82, 2.24) is 5.32 Å². The van der Waals surface area contributed by atoms with Crippen molar-refractivity contribution in [2.24, 2.45) is 0 Å². The van der Waals surface area contributed by atoms with E-state index in [2.05, 4.69) is 5.32 Å². The summed E-state index contributed by atoms with van der Waals surface area (Å²) in [5.41, 5.74) is 0.760. The van der Waals surface area contributed by atoms with Gasteiger partial charge < -0.3 is 19.9 Å². The molecule has 2 N–H and O–H groups in total. The summed E-state index contributed by atoms with van der Waals surface area (Å²) < 4.78 is 10.2. The minimum Gasteiger partial charge on any atom is -0.493 e. The van der Waals surface area contributed by atoms with E-state index in [-0.39, 0.29) is 5.56 Å². The van der Waals surface area contributed by atoms with Crippen molar-refractivity contribution in [3.63, 3.8) is 0 Å². The Kier molecular flexibility index (Phi) is 5.20. The van der Waals surface area contributed by atoms with Gasteiger partial charge in [-0.15, -0.1) is 0 Å². The second-order valence-electron chi connectivity index (χ2n) is 3.56. The normalized spacial score (nSPS) is 10.6. The largest absolute Gasteiger partial charge is 0.493 e. The van der Waals surface area contributed by atoms with Crippen LogP contribution in [-0.2, 0) is 0 Å². The summed E-state index contributed by atoms with van der Waals surface area (Å²) in [7, 11) is 4.80. The molecule has 1 rings (SSSR count). The molecule has 0 aliphatic heterocycles. The Bertz CT molecular complexity index is 455. The van der Waals surface area contributed by atoms with Gasteiger partial charge in [0.2, 0.25) is 0 Å². The van der Waals surface area contributed by atoms with Crippen molar-refractivity contribution in [1.29, 1.82) is 0 Å². The van der Waals surface area contributed by atoms with Crippen LogP contribution in [0.15, 0.2) is 18.2 Å². The highest BCUT2D eigenvalue weighted by molar-refractivity contribution is 5.93. The van der Waals surface area contributed by atoms with Crippen molar-refractivity contribution in [2.75, 3.05) is 27.8 Å². The van der Waals surface area contributed by atoms with Gasteiger partial charge in [-0.1, -0.05) is 12.2 Å². The Morgan fingerprint density at radius 3 is 2.44 bits per heavy atom. The smallest absolute Gasteiger partial charge is 0.336 e. The second kappa shape index (κ2) is 6.66. The van der Waals surface area contributed by atoms with Crippen LogP contribution in [0.2, 0.25) is 0 Å². The number of methoxy groups -OCH3 is 2. The van der Waals surface area contributed by atoms with E-state index in [1.165, 1.54) is 20.3 Å². The Labute approximate surface area is 106 Å². The predicted octanol–water partition coefficient (Wildman–Crippen LogP) is 1.63. The average molecular weight is 251 g/mol. The van der Waals surface area contributed by atoms with Crippen LogP contribution in [0.4, 0.5) is 0 Å². The number of ether oxygens (including phenoxy) is 2. The maximum absolute atomic E-state index is 11.2. The van der Waals surface area contributed by atoms with Gasteiger partial charge in [-0.25, -0.2) is 4.79 Å². The summed E-state index contributed by atoms with van der Waals surface area (Å²) in [6.07, 6.45) is 3.58. The minimum absolute atomic E-state index is 0.181. The fourth-order valence-corrected chi connectivity index (χ4v) is 1.52. The van der Waals surface area contributed by atoms with Crippen molar-refractivity contribution in [3.05, 3.63) is 29.3 Å². The Morgan fingerprint density at radius 1 is 1.33 bits per heavy atom. The van der Waals surface area contributed by atoms with E-state index in [1.807, 2.05) is 13.1 Å². The number of carboxylic acids is 1. The summed E-state index contributed by atoms with van der Waals surface area (Å²) in [4.78, 5) is 11.2. The summed E-state index contributed by atoms with van der Waals surface area (Å²) in [5.74, 6) is -0.0904. The highest BCUT2D eigenvalue weighted by atomic mass is 16.5. The second-order valence-corrected chi connectivity index (χ2v) is 3.56. The number of hydrogen-bond donors (Lipinski definition) is 2. The number of carboxylic acid groups (broad SMARTS) is 1. The van der Waals surface area contributed by atoms with Crippen LogP contribution >= 0.6 is 0 Å². The molecule has 0 saturated heterocycles. The molecule has 0 aromatic heterocycles. The third kappa shape index (κ3) is 3.24. The number of likely N-dealkylation sites (N-methyl/N-ethyl adjacent to an activating group) is 1. The highest BCUT2D eigenvalue weighted by Gasteiger charge is 2.14. The lowest BCUT2D eigenvalue weighted by molar-refractivity contribution is 0.0696. The van der Waals surface area contributed by atoms with E-state index >= 15 is 0 Å². The summed E-state index contributed by atoms with van der Waals surface area (Å²) in [6.45, 7) is 0.660. The lowest BCUT2D eigenvalue weighted by Crippen LogP contribution is -2.05. The number of benzene rings is 1. The number of rotatable bonds is 6. The quantitative estimate of drug-likeness (QED) is 0.804. The third-order valence-electron chi connectivity index (χ3n) is 2.41. The van der Waals surface area contributed by atoms with Gasteiger partial charge in [0.1, 0.15) is 0 Å². The molecule has 0 unspecified atom stereocenters. The molecule has 1 aromatic carbocycles. The van der Waals surface area contributed by atoms with Crippen molar-refractivity contribution in [2.45, 2.75) is 0 Å². The molecule has 0 spiro atoms. The molecular weight excluding hydrogens is 234 g/mol. The number of carbonyl (C=O) groups is 1. The van der Waals surface area contributed by atoms with Gasteiger partial charge in [0.15, 0.2) is 11.5 Å². The third-order valence-corrected chi connectivity index (χ3v) is 2.41. The molecule has 5 heteroatoms. The lowest BCUT2D eigenvalue weighted by atomic mass is 10.1. The zero-order valence-corrected chi connectivity index (χ0v) is 10.7. The first-order valence-electron chi connectivity index (χ1n) is 5.44. The van der Waals surface area contributed by atoms with Gasteiger partial charge in [-0.05, 0) is 24.7 Å². The first-order valence-corrected chi connectivity index (χ1v) is 5.44. The van der Waals surface area contributed by atoms with Gasteiger partial charge in [0.05, 0.1) is 19.8 Å². The molecular formula is C13H17NO4. The monoisotopic (exact) mass is 251 g/mol. The molecule has 1 aromatic rings. The molecule has 5 nitrogen and oxygen atoms in total. The molecule has 0 aliphatic carbocycles. The van der Waals surface area contributed by atoms with Crippen LogP contribution in [-0.4, -0.2) is 38.9 Å². The average Bonchev–Trinajstić information content (AvgIpc) is 2.38. The van der Waals surface area contributed by atoms with Gasteiger partial charge in [0.25, 0.3) is 0 Å². The summed E-state index contributed by atoms with van der Waals surface area (Å²) >= 11 is 0. The Morgan fingerprint density at radius 2 is 1.94 bits per heavy atom. The van der Waals surface area contributed by atoms with Crippen LogP contribution in [0.1, 0.15) is 15.9 Å². The summed E-state index contributed by atoms with van der Waals surface area (Å²) in [6, 6.07) is 3.11. The fraction of sp³-hybridized carbons (Fsp3) is 0.308. The zero-order chi connectivity index (χ0) is 13.5. The van der Waals surface area contributed by atoms with Gasteiger partial charge in [-0.2, -0.15) is 0 Å². The summed E-state index contributed by atoms with van der Waals surface area (Å²) in [5, 5.41) is 12.1.